The minimum Gasteiger partial charge on any atom is -0.350 e. The molecule has 1 atom stereocenters. The van der Waals surface area contributed by atoms with Crippen LogP contribution in [0.25, 0.3) is 11.4 Å². The third kappa shape index (κ3) is 3.85. The van der Waals surface area contributed by atoms with E-state index in [0.29, 0.717) is 15.9 Å². The van der Waals surface area contributed by atoms with Gasteiger partial charge in [-0.25, -0.2) is 0 Å². The fourth-order valence-electron chi connectivity index (χ4n) is 3.91. The summed E-state index contributed by atoms with van der Waals surface area (Å²) in [6, 6.07) is 25.5. The molecule has 160 valence electrons. The first-order valence-corrected chi connectivity index (χ1v) is 11.5. The minimum absolute atomic E-state index is 0.113. The van der Waals surface area contributed by atoms with Gasteiger partial charge in [-0.05, 0) is 42.0 Å². The predicted octanol–water partition coefficient (Wildman–Crippen LogP) is 5.33. The number of hydrogen-bond acceptors (Lipinski definition) is 5. The maximum absolute atomic E-state index is 12.5. The number of rotatable bonds is 5. The molecule has 1 amide bonds. The first-order valence-electron chi connectivity index (χ1n) is 10.1. The summed E-state index contributed by atoms with van der Waals surface area (Å²) in [5.41, 5.74) is 3.95. The van der Waals surface area contributed by atoms with E-state index >= 15 is 0 Å². The number of para-hydroxylation sites is 1. The van der Waals surface area contributed by atoms with Gasteiger partial charge >= 0.3 is 0 Å². The Kier molecular flexibility index (Phi) is 5.59. The number of carbonyl (C=O) groups is 1. The van der Waals surface area contributed by atoms with Gasteiger partial charge in [-0.2, -0.15) is 0 Å². The van der Waals surface area contributed by atoms with Crippen LogP contribution in [0.5, 0.6) is 0 Å². The number of aromatic nitrogens is 3. The molecular weight excluding hydrogens is 442 g/mol. The molecule has 0 spiro atoms. The van der Waals surface area contributed by atoms with Crippen LogP contribution in [0.15, 0.2) is 84.0 Å². The maximum Gasteiger partial charge on any atom is 0.234 e. The summed E-state index contributed by atoms with van der Waals surface area (Å²) in [7, 11) is 2.07. The van der Waals surface area contributed by atoms with Crippen molar-refractivity contribution in [1.29, 1.82) is 0 Å². The van der Waals surface area contributed by atoms with Crippen LogP contribution in [0.2, 0.25) is 5.02 Å². The van der Waals surface area contributed by atoms with Crippen LogP contribution < -0.4 is 10.2 Å². The molecule has 1 aromatic heterocycles. The summed E-state index contributed by atoms with van der Waals surface area (Å²) in [5.74, 6) is 0.900. The van der Waals surface area contributed by atoms with Gasteiger partial charge in [0.05, 0.1) is 5.75 Å². The van der Waals surface area contributed by atoms with Crippen molar-refractivity contribution in [2.75, 3.05) is 23.0 Å². The second-order valence-corrected chi connectivity index (χ2v) is 8.81. The summed E-state index contributed by atoms with van der Waals surface area (Å²) in [4.78, 5) is 14.8. The lowest BCUT2D eigenvalue weighted by Crippen LogP contribution is -2.34. The summed E-state index contributed by atoms with van der Waals surface area (Å²) in [6.45, 7) is 0. The van der Waals surface area contributed by atoms with Gasteiger partial charge in [0.15, 0.2) is 11.0 Å². The zero-order valence-corrected chi connectivity index (χ0v) is 18.8. The summed E-state index contributed by atoms with van der Waals surface area (Å²) in [6.07, 6.45) is -0.113. The minimum atomic E-state index is -0.115. The monoisotopic (exact) mass is 461 g/mol. The number of nitrogens with one attached hydrogen (secondary N) is 1. The van der Waals surface area contributed by atoms with E-state index in [2.05, 4.69) is 56.3 Å². The Morgan fingerprint density at radius 2 is 1.72 bits per heavy atom. The Morgan fingerprint density at radius 3 is 2.50 bits per heavy atom. The molecule has 32 heavy (non-hydrogen) atoms. The van der Waals surface area contributed by atoms with E-state index in [-0.39, 0.29) is 17.8 Å². The predicted molar refractivity (Wildman–Crippen MR) is 129 cm³/mol. The molecule has 1 aliphatic heterocycles. The highest BCUT2D eigenvalue weighted by Gasteiger charge is 2.33. The van der Waals surface area contributed by atoms with E-state index in [4.69, 9.17) is 11.6 Å². The summed E-state index contributed by atoms with van der Waals surface area (Å²) < 4.78 is 2.11. The number of hydrogen-bond donors (Lipinski definition) is 1. The fraction of sp³-hybridized carbons (Fsp3) is 0.125. The number of benzene rings is 3. The van der Waals surface area contributed by atoms with Crippen molar-refractivity contribution in [1.82, 2.24) is 14.8 Å². The van der Waals surface area contributed by atoms with Crippen LogP contribution in [0.1, 0.15) is 11.7 Å². The van der Waals surface area contributed by atoms with Crippen molar-refractivity contribution in [3.05, 3.63) is 89.4 Å². The lowest BCUT2D eigenvalue weighted by Gasteiger charge is -2.37. The maximum atomic E-state index is 12.5. The highest BCUT2D eigenvalue weighted by atomic mass is 35.5. The largest absolute Gasteiger partial charge is 0.350 e. The lowest BCUT2D eigenvalue weighted by atomic mass is 10.0. The zero-order chi connectivity index (χ0) is 22.1. The molecule has 8 heteroatoms. The van der Waals surface area contributed by atoms with Gasteiger partial charge in [0, 0.05) is 29.0 Å². The normalized spacial score (nSPS) is 14.6. The molecule has 5 rings (SSSR count). The lowest BCUT2D eigenvalue weighted by molar-refractivity contribution is -0.113. The van der Waals surface area contributed by atoms with Crippen molar-refractivity contribution in [2.24, 2.45) is 0 Å². The Morgan fingerprint density at radius 1 is 1.00 bits per heavy atom. The van der Waals surface area contributed by atoms with Crippen LogP contribution in [0, 0.1) is 0 Å². The first-order chi connectivity index (χ1) is 15.6. The summed E-state index contributed by atoms with van der Waals surface area (Å²) in [5, 5.41) is 13.2. The average Bonchev–Trinajstić information content (AvgIpc) is 3.24. The topological polar surface area (TPSA) is 63.1 Å². The Bertz CT molecular complexity index is 1260. The highest BCUT2D eigenvalue weighted by molar-refractivity contribution is 7.99. The van der Waals surface area contributed by atoms with E-state index in [1.165, 1.54) is 11.8 Å². The fourth-order valence-corrected chi connectivity index (χ4v) is 4.80. The van der Waals surface area contributed by atoms with Crippen molar-refractivity contribution in [3.63, 3.8) is 0 Å². The van der Waals surface area contributed by atoms with Crippen molar-refractivity contribution in [2.45, 2.75) is 11.3 Å². The molecule has 0 bridgehead atoms. The van der Waals surface area contributed by atoms with Gasteiger partial charge < -0.3 is 10.2 Å². The third-order valence-electron chi connectivity index (χ3n) is 5.36. The van der Waals surface area contributed by atoms with E-state index in [1.807, 2.05) is 30.3 Å². The molecule has 0 aliphatic carbocycles. The molecule has 0 saturated carbocycles. The quantitative estimate of drug-likeness (QED) is 0.407. The van der Waals surface area contributed by atoms with Crippen LogP contribution in [-0.4, -0.2) is 33.5 Å². The van der Waals surface area contributed by atoms with Crippen LogP contribution in [0.4, 0.5) is 11.4 Å². The molecule has 0 saturated heterocycles. The molecule has 0 radical (unpaired) electrons. The Labute approximate surface area is 195 Å². The van der Waals surface area contributed by atoms with E-state index < -0.39 is 0 Å². The van der Waals surface area contributed by atoms with Gasteiger partial charge in [-0.3, -0.25) is 9.36 Å². The number of fused-ring (bicyclic) bond motifs is 3. The second kappa shape index (κ2) is 8.68. The van der Waals surface area contributed by atoms with Crippen LogP contribution in [-0.2, 0) is 4.79 Å². The standard InChI is InChI=1S/C24H20ClN5OS/c1-29-20-10-6-5-9-19(20)22-27-28-24(30(22)23(29)16-7-3-2-4-8-16)32-15-21(31)26-18-13-11-17(25)12-14-18/h2-14,23H,15H2,1H3,(H,26,31). The number of nitrogens with zero attached hydrogens (tertiary/aromatic N) is 4. The van der Waals surface area contributed by atoms with E-state index in [1.54, 1.807) is 24.3 Å². The third-order valence-corrected chi connectivity index (χ3v) is 6.55. The van der Waals surface area contributed by atoms with Crippen molar-refractivity contribution >= 4 is 40.6 Å². The van der Waals surface area contributed by atoms with E-state index in [9.17, 15) is 4.79 Å². The Balaban J connectivity index is 1.45. The molecule has 6 nitrogen and oxygen atoms in total. The summed E-state index contributed by atoms with van der Waals surface area (Å²) >= 11 is 7.29. The molecule has 1 unspecified atom stereocenters. The van der Waals surface area contributed by atoms with Crippen LogP contribution in [0.3, 0.4) is 0 Å². The average molecular weight is 462 g/mol. The second-order valence-electron chi connectivity index (χ2n) is 7.43. The highest BCUT2D eigenvalue weighted by Crippen LogP contribution is 2.43. The molecule has 1 N–H and O–H groups in total. The van der Waals surface area contributed by atoms with Gasteiger partial charge in [0.25, 0.3) is 0 Å². The molecule has 1 aliphatic rings. The number of amides is 1. The Hall–Kier alpha value is -3.29. The number of thioether (sulfide) groups is 1. The van der Waals surface area contributed by atoms with Crippen LogP contribution >= 0.6 is 23.4 Å². The number of halogens is 1. The first kappa shape index (κ1) is 20.6. The van der Waals surface area contributed by atoms with Gasteiger partial charge in [-0.15, -0.1) is 10.2 Å². The van der Waals surface area contributed by atoms with Crippen molar-refractivity contribution < 1.29 is 4.79 Å². The SMILES string of the molecule is CN1c2ccccc2-c2nnc(SCC(=O)Nc3ccc(Cl)cc3)n2C1c1ccccc1. The molecule has 3 aromatic carbocycles. The van der Waals surface area contributed by atoms with Crippen molar-refractivity contribution in [3.8, 4) is 11.4 Å². The van der Waals surface area contributed by atoms with Gasteiger partial charge in [-0.1, -0.05) is 65.8 Å². The molecule has 2 heterocycles. The molecule has 0 fully saturated rings. The number of anilines is 2. The van der Waals surface area contributed by atoms with E-state index in [0.717, 1.165) is 22.6 Å². The van der Waals surface area contributed by atoms with Gasteiger partial charge in [0.2, 0.25) is 5.91 Å². The smallest absolute Gasteiger partial charge is 0.234 e. The molecular formula is C24H20ClN5OS. The zero-order valence-electron chi connectivity index (χ0n) is 17.3. The van der Waals surface area contributed by atoms with Gasteiger partial charge in [0.1, 0.15) is 6.17 Å². The number of carbonyl (C=O) groups excluding carboxylic acids is 1. The molecule has 4 aromatic rings.